The van der Waals surface area contributed by atoms with Gasteiger partial charge in [0.2, 0.25) is 5.91 Å². The number of aryl methyl sites for hydroxylation is 1. The summed E-state index contributed by atoms with van der Waals surface area (Å²) in [6.45, 7) is 0.372. The van der Waals surface area contributed by atoms with Crippen molar-refractivity contribution in [1.82, 2.24) is 19.9 Å². The van der Waals surface area contributed by atoms with Crippen LogP contribution < -0.4 is 14.8 Å². The predicted molar refractivity (Wildman–Crippen MR) is 117 cm³/mol. The summed E-state index contributed by atoms with van der Waals surface area (Å²) < 4.78 is 12.6. The van der Waals surface area contributed by atoms with Crippen LogP contribution in [-0.4, -0.2) is 34.7 Å². The van der Waals surface area contributed by atoms with Crippen LogP contribution in [-0.2, 0) is 24.8 Å². The van der Waals surface area contributed by atoms with Gasteiger partial charge in [0.1, 0.15) is 10.8 Å². The molecule has 7 nitrogen and oxygen atoms in total. The number of benzene rings is 2. The summed E-state index contributed by atoms with van der Waals surface area (Å²) in [5, 5.41) is 5.67. The smallest absolute Gasteiger partial charge is 0.226 e. The van der Waals surface area contributed by atoms with E-state index in [-0.39, 0.29) is 12.3 Å². The normalized spacial score (nSPS) is 10.9. The lowest BCUT2D eigenvalue weighted by Crippen LogP contribution is -2.26. The molecule has 30 heavy (non-hydrogen) atoms. The number of methoxy groups -OCH3 is 2. The summed E-state index contributed by atoms with van der Waals surface area (Å²) in [4.78, 5) is 21.6. The lowest BCUT2D eigenvalue weighted by atomic mass is 10.2. The summed E-state index contributed by atoms with van der Waals surface area (Å²) in [5.41, 5.74) is 3.61. The molecule has 0 radical (unpaired) electrons. The number of carbonyl (C=O) groups is 1. The molecule has 4 rings (SSSR count). The molecule has 0 atom stereocenters. The topological polar surface area (TPSA) is 78.3 Å². The van der Waals surface area contributed by atoms with Crippen LogP contribution in [0.5, 0.6) is 11.5 Å². The van der Waals surface area contributed by atoms with Crippen molar-refractivity contribution in [2.75, 3.05) is 14.2 Å². The third-order valence-electron chi connectivity index (χ3n) is 4.85. The van der Waals surface area contributed by atoms with Crippen molar-refractivity contribution < 1.29 is 14.3 Å². The van der Waals surface area contributed by atoms with Gasteiger partial charge in [0.05, 0.1) is 43.9 Å². The summed E-state index contributed by atoms with van der Waals surface area (Å²) >= 11 is 1.49. The van der Waals surface area contributed by atoms with Gasteiger partial charge in [-0.15, -0.1) is 11.3 Å². The van der Waals surface area contributed by atoms with E-state index in [2.05, 4.69) is 15.3 Å². The number of nitrogens with zero attached hydrogens (tertiary/aromatic N) is 3. The third kappa shape index (κ3) is 3.99. The van der Waals surface area contributed by atoms with Crippen LogP contribution in [0.4, 0.5) is 0 Å². The first-order chi connectivity index (χ1) is 14.6. The van der Waals surface area contributed by atoms with Gasteiger partial charge in [-0.1, -0.05) is 12.1 Å². The lowest BCUT2D eigenvalue weighted by molar-refractivity contribution is -0.120. The van der Waals surface area contributed by atoms with Crippen LogP contribution in [0.2, 0.25) is 0 Å². The minimum absolute atomic E-state index is 0.0915. The second-order valence-corrected chi connectivity index (χ2v) is 7.60. The van der Waals surface area contributed by atoms with E-state index in [9.17, 15) is 4.79 Å². The number of amides is 1. The largest absolute Gasteiger partial charge is 0.493 e. The Morgan fingerprint density at radius 2 is 1.90 bits per heavy atom. The summed E-state index contributed by atoms with van der Waals surface area (Å²) in [6, 6.07) is 13.6. The van der Waals surface area contributed by atoms with Gasteiger partial charge in [-0.3, -0.25) is 4.79 Å². The molecule has 4 aromatic rings. The molecule has 0 saturated carbocycles. The maximum Gasteiger partial charge on any atom is 0.226 e. The first kappa shape index (κ1) is 19.9. The molecule has 1 amide bonds. The zero-order valence-electron chi connectivity index (χ0n) is 17.0. The van der Waals surface area contributed by atoms with Gasteiger partial charge in [-0.2, -0.15) is 0 Å². The van der Waals surface area contributed by atoms with Crippen molar-refractivity contribution in [1.29, 1.82) is 0 Å². The number of ether oxygens (including phenoxy) is 2. The number of para-hydroxylation sites is 2. The molecule has 0 aliphatic heterocycles. The molecule has 2 aromatic carbocycles. The fourth-order valence-corrected chi connectivity index (χ4v) is 4.06. The standard InChI is InChI=1S/C22H22N4O3S/c1-26-17-7-5-4-6-16(17)25-20(26)12-23-21(27)11-15-13-30-22(24-15)14-8-9-18(28-2)19(10-14)29-3/h4-10,13H,11-12H2,1-3H3,(H,23,27). The Morgan fingerprint density at radius 3 is 2.67 bits per heavy atom. The fraction of sp³-hybridized carbons (Fsp3) is 0.227. The lowest BCUT2D eigenvalue weighted by Gasteiger charge is -2.08. The van der Waals surface area contributed by atoms with E-state index >= 15 is 0 Å². The molecule has 154 valence electrons. The van der Waals surface area contributed by atoms with Crippen LogP contribution in [0.3, 0.4) is 0 Å². The van der Waals surface area contributed by atoms with Crippen molar-refractivity contribution >= 4 is 28.3 Å². The van der Waals surface area contributed by atoms with Gasteiger partial charge >= 0.3 is 0 Å². The van der Waals surface area contributed by atoms with E-state index < -0.39 is 0 Å². The molecule has 0 fully saturated rings. The molecule has 8 heteroatoms. The molecule has 0 spiro atoms. The third-order valence-corrected chi connectivity index (χ3v) is 5.79. The van der Waals surface area contributed by atoms with E-state index in [1.807, 2.05) is 59.5 Å². The Hall–Kier alpha value is -3.39. The average Bonchev–Trinajstić information content (AvgIpc) is 3.36. The van der Waals surface area contributed by atoms with E-state index in [1.54, 1.807) is 14.2 Å². The van der Waals surface area contributed by atoms with E-state index in [4.69, 9.17) is 9.47 Å². The van der Waals surface area contributed by atoms with Gasteiger partial charge < -0.3 is 19.4 Å². The molecule has 0 aliphatic rings. The minimum atomic E-state index is -0.0915. The van der Waals surface area contributed by atoms with Crippen molar-refractivity contribution in [3.8, 4) is 22.1 Å². The maximum absolute atomic E-state index is 12.4. The number of thiazole rings is 1. The van der Waals surface area contributed by atoms with E-state index in [1.165, 1.54) is 11.3 Å². The molecule has 0 unspecified atom stereocenters. The van der Waals surface area contributed by atoms with Crippen molar-refractivity contribution in [3.05, 3.63) is 59.4 Å². The Labute approximate surface area is 178 Å². The minimum Gasteiger partial charge on any atom is -0.493 e. The first-order valence-corrected chi connectivity index (χ1v) is 10.3. The van der Waals surface area contributed by atoms with Gasteiger partial charge in [-0.05, 0) is 30.3 Å². The van der Waals surface area contributed by atoms with Crippen molar-refractivity contribution in [2.45, 2.75) is 13.0 Å². The number of hydrogen-bond donors (Lipinski definition) is 1. The van der Waals surface area contributed by atoms with E-state index in [0.717, 1.165) is 33.1 Å². The quantitative estimate of drug-likeness (QED) is 0.493. The van der Waals surface area contributed by atoms with Crippen molar-refractivity contribution in [3.63, 3.8) is 0 Å². The number of aromatic nitrogens is 3. The van der Waals surface area contributed by atoms with Crippen LogP contribution in [0.1, 0.15) is 11.5 Å². The molecule has 2 heterocycles. The molecule has 0 bridgehead atoms. The molecular weight excluding hydrogens is 400 g/mol. The Morgan fingerprint density at radius 1 is 1.10 bits per heavy atom. The second kappa shape index (κ2) is 8.54. The van der Waals surface area contributed by atoms with Crippen molar-refractivity contribution in [2.24, 2.45) is 7.05 Å². The second-order valence-electron chi connectivity index (χ2n) is 6.74. The maximum atomic E-state index is 12.4. The summed E-state index contributed by atoms with van der Waals surface area (Å²) in [5.74, 6) is 2.03. The first-order valence-electron chi connectivity index (χ1n) is 9.43. The van der Waals surface area contributed by atoms with Gasteiger partial charge in [0.15, 0.2) is 11.5 Å². The van der Waals surface area contributed by atoms with Gasteiger partial charge in [0, 0.05) is 18.0 Å². The molecular formula is C22H22N4O3S. The Kier molecular flexibility index (Phi) is 5.67. The predicted octanol–water partition coefficient (Wildman–Crippen LogP) is 3.57. The summed E-state index contributed by atoms with van der Waals surface area (Å²) in [7, 11) is 5.15. The number of hydrogen-bond acceptors (Lipinski definition) is 6. The van der Waals surface area contributed by atoms with Gasteiger partial charge in [0.25, 0.3) is 0 Å². The fourth-order valence-electron chi connectivity index (χ4n) is 3.25. The molecule has 2 aromatic heterocycles. The SMILES string of the molecule is COc1ccc(-c2nc(CC(=O)NCc3nc4ccccc4n3C)cs2)cc1OC. The highest BCUT2D eigenvalue weighted by Crippen LogP contribution is 2.33. The Balaban J connectivity index is 1.41. The van der Waals surface area contributed by atoms with Crippen LogP contribution >= 0.6 is 11.3 Å². The molecule has 0 aliphatic carbocycles. The highest BCUT2D eigenvalue weighted by Gasteiger charge is 2.13. The number of fused-ring (bicyclic) bond motifs is 1. The van der Waals surface area contributed by atoms with Crippen LogP contribution in [0.15, 0.2) is 47.8 Å². The number of imidazole rings is 1. The highest BCUT2D eigenvalue weighted by molar-refractivity contribution is 7.13. The Bertz CT molecular complexity index is 1200. The zero-order valence-corrected chi connectivity index (χ0v) is 17.8. The number of carbonyl (C=O) groups excluding carboxylic acids is 1. The summed E-state index contributed by atoms with van der Waals surface area (Å²) in [6.07, 6.45) is 0.216. The molecule has 0 saturated heterocycles. The highest BCUT2D eigenvalue weighted by atomic mass is 32.1. The molecule has 1 N–H and O–H groups in total. The van der Waals surface area contributed by atoms with Crippen LogP contribution in [0, 0.1) is 0 Å². The van der Waals surface area contributed by atoms with Gasteiger partial charge in [-0.25, -0.2) is 9.97 Å². The average molecular weight is 423 g/mol. The number of rotatable bonds is 7. The zero-order chi connectivity index (χ0) is 21.1. The van der Waals surface area contributed by atoms with Crippen LogP contribution in [0.25, 0.3) is 21.6 Å². The number of nitrogens with one attached hydrogen (secondary N) is 1. The monoisotopic (exact) mass is 422 g/mol. The van der Waals surface area contributed by atoms with E-state index in [0.29, 0.717) is 18.0 Å².